The number of carboxylic acids is 1. The molecule has 0 aliphatic carbocycles. The van der Waals surface area contributed by atoms with Gasteiger partial charge in [0.1, 0.15) is 11.3 Å². The quantitative estimate of drug-likeness (QED) is 0.194. The third-order valence-corrected chi connectivity index (χ3v) is 5.39. The minimum absolute atomic E-state index is 0.194. The number of H-pyrrole nitrogens is 1. The number of hydrogen-bond acceptors (Lipinski definition) is 8. The van der Waals surface area contributed by atoms with Gasteiger partial charge in [0.05, 0.1) is 6.20 Å². The van der Waals surface area contributed by atoms with E-state index in [9.17, 15) is 18.0 Å². The summed E-state index contributed by atoms with van der Waals surface area (Å²) in [6, 6.07) is 13.3. The number of amides is 2. The number of nitrogens with one attached hydrogen (secondary N) is 5. The van der Waals surface area contributed by atoms with Crippen molar-refractivity contribution in [1.29, 1.82) is 0 Å². The smallest absolute Gasteiger partial charge is 0.475 e. The average molecular weight is 562 g/mol. The number of urea groups is 1. The number of aliphatic carboxylic acids is 1. The van der Waals surface area contributed by atoms with Crippen molar-refractivity contribution in [2.45, 2.75) is 19.0 Å². The number of rotatable bonds is 2. The van der Waals surface area contributed by atoms with E-state index >= 15 is 0 Å². The van der Waals surface area contributed by atoms with E-state index in [4.69, 9.17) is 21.5 Å². The Balaban J connectivity index is 0.000000448. The maximum absolute atomic E-state index is 12.4. The minimum atomic E-state index is -5.08. The molecule has 39 heavy (non-hydrogen) atoms. The van der Waals surface area contributed by atoms with Gasteiger partial charge in [0, 0.05) is 17.1 Å². The van der Waals surface area contributed by atoms with Crippen molar-refractivity contribution in [3.05, 3.63) is 71.1 Å². The molecule has 2 aromatic carbocycles. The number of carbonyl (C=O) groups excluding carboxylic acids is 1. The molecule has 1 aliphatic rings. The van der Waals surface area contributed by atoms with Gasteiger partial charge >= 0.3 is 18.2 Å². The highest BCUT2D eigenvalue weighted by molar-refractivity contribution is 6.32. The normalized spacial score (nSPS) is 12.1. The SMILES string of the molecule is O=C(Nc1nc[nH]n1)Nc1ccc2cc1CCc1cccc(c1)Nc1ncc(Cl)c(n1)N2.O=C(O)C(F)(F)F. The van der Waals surface area contributed by atoms with Gasteiger partial charge in [-0.25, -0.2) is 19.6 Å². The monoisotopic (exact) mass is 561 g/mol. The van der Waals surface area contributed by atoms with Gasteiger partial charge in [-0.1, -0.05) is 23.7 Å². The molecular formula is C23H19ClF3N9O3. The first-order valence-electron chi connectivity index (χ1n) is 11.1. The second-order valence-electron chi connectivity index (χ2n) is 7.92. The molecule has 0 saturated heterocycles. The van der Waals surface area contributed by atoms with Gasteiger partial charge in [0.2, 0.25) is 11.9 Å². The summed E-state index contributed by atoms with van der Waals surface area (Å²) >= 11 is 6.31. The summed E-state index contributed by atoms with van der Waals surface area (Å²) < 4.78 is 31.7. The Hall–Kier alpha value is -4.92. The van der Waals surface area contributed by atoms with E-state index < -0.39 is 18.2 Å². The number of anilines is 6. The Bertz CT molecular complexity index is 1480. The van der Waals surface area contributed by atoms with Crippen LogP contribution in [-0.4, -0.2) is 48.4 Å². The van der Waals surface area contributed by atoms with E-state index in [-0.39, 0.29) is 5.95 Å². The van der Waals surface area contributed by atoms with Crippen LogP contribution in [0.4, 0.5) is 52.7 Å². The molecule has 2 amide bonds. The number of aromatic amines is 1. The Labute approximate surface area is 223 Å². The Morgan fingerprint density at radius 1 is 1.00 bits per heavy atom. The molecule has 0 saturated carbocycles. The fraction of sp³-hybridized carbons (Fsp3) is 0.130. The van der Waals surface area contributed by atoms with Gasteiger partial charge in [0.15, 0.2) is 5.82 Å². The maximum Gasteiger partial charge on any atom is 0.490 e. The highest BCUT2D eigenvalue weighted by Crippen LogP contribution is 2.29. The minimum Gasteiger partial charge on any atom is -0.475 e. The summed E-state index contributed by atoms with van der Waals surface area (Å²) in [5, 5.41) is 25.8. The number of aryl methyl sites for hydroxylation is 2. The van der Waals surface area contributed by atoms with Crippen LogP contribution in [-0.2, 0) is 17.6 Å². The summed E-state index contributed by atoms with van der Waals surface area (Å²) in [6.07, 6.45) is -0.671. The number of halogens is 4. The van der Waals surface area contributed by atoms with Crippen molar-refractivity contribution in [2.75, 3.05) is 21.3 Å². The fourth-order valence-electron chi connectivity index (χ4n) is 3.39. The Morgan fingerprint density at radius 2 is 1.77 bits per heavy atom. The van der Waals surface area contributed by atoms with E-state index in [1.54, 1.807) is 6.20 Å². The number of benzene rings is 2. The number of alkyl halides is 3. The number of fused-ring (bicyclic) bond motifs is 6. The zero-order valence-corrected chi connectivity index (χ0v) is 20.4. The van der Waals surface area contributed by atoms with Crippen molar-refractivity contribution in [1.82, 2.24) is 25.1 Å². The highest BCUT2D eigenvalue weighted by atomic mass is 35.5. The second-order valence-corrected chi connectivity index (χ2v) is 8.32. The molecule has 0 fully saturated rings. The number of nitrogens with zero attached hydrogens (tertiary/aromatic N) is 4. The highest BCUT2D eigenvalue weighted by Gasteiger charge is 2.38. The second kappa shape index (κ2) is 11.6. The third-order valence-electron chi connectivity index (χ3n) is 5.11. The standard InChI is InChI=1S/C21H18ClN9O.C2HF3O2/c22-16-10-23-19-27-14-3-1-2-12(8-14)4-5-13-9-15(26-18(16)29-19)6-7-17(13)28-21(32)30-20-24-11-25-31-20;3-2(4,5)1(6)7/h1-3,6-11H,4-5H2,(H2,23,26,27,29)(H3,24,25,28,30,31,32);(H,6,7). The van der Waals surface area contributed by atoms with Crippen LogP contribution in [0.1, 0.15) is 11.1 Å². The summed E-state index contributed by atoms with van der Waals surface area (Å²) in [5.74, 6) is -1.64. The summed E-state index contributed by atoms with van der Waals surface area (Å²) in [5.41, 5.74) is 4.44. The summed E-state index contributed by atoms with van der Waals surface area (Å²) in [4.78, 5) is 34.0. The van der Waals surface area contributed by atoms with E-state index in [1.165, 1.54) is 6.33 Å². The third kappa shape index (κ3) is 7.54. The van der Waals surface area contributed by atoms with Crippen LogP contribution in [0.25, 0.3) is 0 Å². The van der Waals surface area contributed by atoms with E-state index in [1.807, 2.05) is 30.3 Å². The van der Waals surface area contributed by atoms with Crippen LogP contribution in [0, 0.1) is 0 Å². The molecule has 3 heterocycles. The molecule has 0 atom stereocenters. The number of hydrogen-bond donors (Lipinski definition) is 6. The lowest BCUT2D eigenvalue weighted by Gasteiger charge is -2.14. The molecule has 0 radical (unpaired) electrons. The largest absolute Gasteiger partial charge is 0.490 e. The van der Waals surface area contributed by atoms with Crippen molar-refractivity contribution >= 4 is 58.4 Å². The van der Waals surface area contributed by atoms with Gasteiger partial charge in [-0.3, -0.25) is 10.4 Å². The molecule has 6 bridgehead atoms. The first kappa shape index (κ1) is 27.1. The Morgan fingerprint density at radius 3 is 2.49 bits per heavy atom. The molecule has 4 aromatic rings. The number of aromatic nitrogens is 5. The molecule has 0 unspecified atom stereocenters. The first-order valence-corrected chi connectivity index (χ1v) is 11.5. The van der Waals surface area contributed by atoms with Crippen LogP contribution < -0.4 is 21.3 Å². The Kier molecular flexibility index (Phi) is 8.10. The molecule has 1 aliphatic heterocycles. The maximum atomic E-state index is 12.4. The van der Waals surface area contributed by atoms with Crippen molar-refractivity contribution in [3.63, 3.8) is 0 Å². The lowest BCUT2D eigenvalue weighted by Crippen LogP contribution is -2.21. The molecule has 2 aromatic heterocycles. The first-order chi connectivity index (χ1) is 18.6. The number of carbonyl (C=O) groups is 2. The lowest BCUT2D eigenvalue weighted by atomic mass is 10.0. The molecule has 16 heteroatoms. The number of carboxylic acid groups (broad SMARTS) is 1. The van der Waals surface area contributed by atoms with Gasteiger partial charge in [0.25, 0.3) is 0 Å². The van der Waals surface area contributed by atoms with Gasteiger partial charge in [-0.15, -0.1) is 5.10 Å². The van der Waals surface area contributed by atoms with Crippen molar-refractivity contribution in [2.24, 2.45) is 0 Å². The zero-order valence-electron chi connectivity index (χ0n) is 19.7. The van der Waals surface area contributed by atoms with Crippen LogP contribution in [0.15, 0.2) is 55.0 Å². The predicted molar refractivity (Wildman–Crippen MR) is 137 cm³/mol. The molecule has 6 N–H and O–H groups in total. The van der Waals surface area contributed by atoms with Crippen LogP contribution in [0.2, 0.25) is 5.02 Å². The summed E-state index contributed by atoms with van der Waals surface area (Å²) in [6.45, 7) is 0. The van der Waals surface area contributed by atoms with Crippen LogP contribution in [0.5, 0.6) is 0 Å². The van der Waals surface area contributed by atoms with Gasteiger partial charge in [-0.2, -0.15) is 18.2 Å². The van der Waals surface area contributed by atoms with Crippen LogP contribution >= 0.6 is 11.6 Å². The molecule has 202 valence electrons. The molecule has 0 spiro atoms. The fourth-order valence-corrected chi connectivity index (χ4v) is 3.53. The van der Waals surface area contributed by atoms with E-state index in [0.717, 1.165) is 28.9 Å². The zero-order chi connectivity index (χ0) is 28.0. The van der Waals surface area contributed by atoms with Crippen molar-refractivity contribution < 1.29 is 27.9 Å². The topological polar surface area (TPSA) is 170 Å². The van der Waals surface area contributed by atoms with Crippen LogP contribution in [0.3, 0.4) is 0 Å². The lowest BCUT2D eigenvalue weighted by molar-refractivity contribution is -0.192. The predicted octanol–water partition coefficient (Wildman–Crippen LogP) is 5.11. The van der Waals surface area contributed by atoms with Crippen molar-refractivity contribution in [3.8, 4) is 0 Å². The molecular weight excluding hydrogens is 543 g/mol. The van der Waals surface area contributed by atoms with Gasteiger partial charge in [-0.05, 0) is 54.3 Å². The average Bonchev–Trinajstić information content (AvgIpc) is 3.38. The van der Waals surface area contributed by atoms with E-state index in [0.29, 0.717) is 28.9 Å². The molecule has 5 rings (SSSR count). The van der Waals surface area contributed by atoms with Gasteiger partial charge < -0.3 is 21.1 Å². The van der Waals surface area contributed by atoms with E-state index in [2.05, 4.69) is 58.5 Å². The molecule has 12 nitrogen and oxygen atoms in total. The summed E-state index contributed by atoms with van der Waals surface area (Å²) in [7, 11) is 0.